The molecule has 1 saturated heterocycles. The molecular formula is C14H19NO3S. The maximum absolute atomic E-state index is 11.7. The Kier molecular flexibility index (Phi) is 5.54. The maximum atomic E-state index is 11.7. The van der Waals surface area contributed by atoms with Crippen LogP contribution < -0.4 is 10.1 Å². The quantitative estimate of drug-likeness (QED) is 0.811. The molecule has 1 fully saturated rings. The monoisotopic (exact) mass is 281 g/mol. The smallest absolute Gasteiger partial charge is 0.230 e. The second-order valence-corrected chi connectivity index (χ2v) is 5.45. The third kappa shape index (κ3) is 4.76. The Bertz CT molecular complexity index is 402. The standard InChI is InChI=1S/C14H19NO3S/c1-17-11-4-6-13(7-5-11)19-10-14(16)15-9-12-3-2-8-18-12/h4-7,12H,2-3,8-10H2,1H3,(H,15,16)/t12-/m0/s1. The highest BCUT2D eigenvalue weighted by atomic mass is 32.2. The summed E-state index contributed by atoms with van der Waals surface area (Å²) in [6, 6.07) is 7.70. The van der Waals surface area contributed by atoms with Crippen molar-refractivity contribution in [2.24, 2.45) is 0 Å². The SMILES string of the molecule is COc1ccc(SCC(=O)NC[C@@H]2CCCO2)cc1. The molecule has 0 aliphatic carbocycles. The number of carbonyl (C=O) groups is 1. The molecule has 1 amide bonds. The van der Waals surface area contributed by atoms with Gasteiger partial charge in [-0.2, -0.15) is 0 Å². The highest BCUT2D eigenvalue weighted by Crippen LogP contribution is 2.21. The largest absolute Gasteiger partial charge is 0.497 e. The molecule has 1 aromatic carbocycles. The molecule has 104 valence electrons. The molecule has 1 aliphatic heterocycles. The number of benzene rings is 1. The number of hydrogen-bond donors (Lipinski definition) is 1. The summed E-state index contributed by atoms with van der Waals surface area (Å²) >= 11 is 1.52. The van der Waals surface area contributed by atoms with Crippen LogP contribution in [0, 0.1) is 0 Å². The van der Waals surface area contributed by atoms with Crippen LogP contribution >= 0.6 is 11.8 Å². The van der Waals surface area contributed by atoms with Gasteiger partial charge in [-0.15, -0.1) is 11.8 Å². The Hall–Kier alpha value is -1.20. The van der Waals surface area contributed by atoms with Gasteiger partial charge >= 0.3 is 0 Å². The van der Waals surface area contributed by atoms with Crippen molar-refractivity contribution >= 4 is 17.7 Å². The summed E-state index contributed by atoms with van der Waals surface area (Å²) in [7, 11) is 1.64. The topological polar surface area (TPSA) is 47.6 Å². The van der Waals surface area contributed by atoms with Gasteiger partial charge in [-0.25, -0.2) is 0 Å². The van der Waals surface area contributed by atoms with Crippen LogP contribution in [0.25, 0.3) is 0 Å². The van der Waals surface area contributed by atoms with Crippen molar-refractivity contribution < 1.29 is 14.3 Å². The number of ether oxygens (including phenoxy) is 2. The van der Waals surface area contributed by atoms with E-state index in [0.29, 0.717) is 12.3 Å². The van der Waals surface area contributed by atoms with Crippen LogP contribution in [-0.2, 0) is 9.53 Å². The van der Waals surface area contributed by atoms with Gasteiger partial charge in [0, 0.05) is 18.0 Å². The van der Waals surface area contributed by atoms with Crippen molar-refractivity contribution in [1.29, 1.82) is 0 Å². The number of thioether (sulfide) groups is 1. The van der Waals surface area contributed by atoms with Crippen LogP contribution in [0.1, 0.15) is 12.8 Å². The molecule has 0 unspecified atom stereocenters. The summed E-state index contributed by atoms with van der Waals surface area (Å²) in [4.78, 5) is 12.7. The van der Waals surface area contributed by atoms with E-state index in [4.69, 9.17) is 9.47 Å². The molecule has 2 rings (SSSR count). The highest BCUT2D eigenvalue weighted by Gasteiger charge is 2.15. The molecule has 19 heavy (non-hydrogen) atoms. The number of amides is 1. The molecular weight excluding hydrogens is 262 g/mol. The minimum Gasteiger partial charge on any atom is -0.497 e. The Morgan fingerprint density at radius 2 is 2.26 bits per heavy atom. The minimum atomic E-state index is 0.0521. The fourth-order valence-corrected chi connectivity index (χ4v) is 2.63. The number of methoxy groups -OCH3 is 1. The van der Waals surface area contributed by atoms with Crippen molar-refractivity contribution in [2.75, 3.05) is 26.0 Å². The summed E-state index contributed by atoms with van der Waals surface area (Å²) < 4.78 is 10.5. The van der Waals surface area contributed by atoms with Crippen molar-refractivity contribution in [2.45, 2.75) is 23.8 Å². The molecule has 1 aromatic rings. The predicted octanol–water partition coefficient (Wildman–Crippen LogP) is 2.08. The Morgan fingerprint density at radius 3 is 2.89 bits per heavy atom. The van der Waals surface area contributed by atoms with Gasteiger partial charge in [-0.3, -0.25) is 4.79 Å². The molecule has 0 radical (unpaired) electrons. The normalized spacial score (nSPS) is 18.3. The molecule has 0 aromatic heterocycles. The fourth-order valence-electron chi connectivity index (χ4n) is 1.90. The van der Waals surface area contributed by atoms with E-state index in [1.165, 1.54) is 11.8 Å². The van der Waals surface area contributed by atoms with Gasteiger partial charge in [-0.1, -0.05) is 0 Å². The first-order chi connectivity index (χ1) is 9.28. The molecule has 0 saturated carbocycles. The van der Waals surface area contributed by atoms with Crippen LogP contribution in [0.15, 0.2) is 29.2 Å². The average molecular weight is 281 g/mol. The van der Waals surface area contributed by atoms with Crippen molar-refractivity contribution in [3.63, 3.8) is 0 Å². The van der Waals surface area contributed by atoms with Gasteiger partial charge in [0.25, 0.3) is 0 Å². The van der Waals surface area contributed by atoms with Crippen LogP contribution in [0.3, 0.4) is 0 Å². The Labute approximate surface area is 117 Å². The van der Waals surface area contributed by atoms with Crippen LogP contribution in [-0.4, -0.2) is 38.0 Å². The van der Waals surface area contributed by atoms with Crippen LogP contribution in [0.5, 0.6) is 5.75 Å². The average Bonchev–Trinajstić information content (AvgIpc) is 2.96. The zero-order valence-corrected chi connectivity index (χ0v) is 11.9. The fraction of sp³-hybridized carbons (Fsp3) is 0.500. The molecule has 1 atom stereocenters. The van der Waals surface area contributed by atoms with Gasteiger partial charge in [0.05, 0.1) is 19.0 Å². The first-order valence-corrected chi connectivity index (χ1v) is 7.41. The number of carbonyl (C=O) groups excluding carboxylic acids is 1. The van der Waals surface area contributed by atoms with Gasteiger partial charge in [0.2, 0.25) is 5.91 Å². The van der Waals surface area contributed by atoms with Gasteiger partial charge in [0.15, 0.2) is 0 Å². The van der Waals surface area contributed by atoms with E-state index in [-0.39, 0.29) is 12.0 Å². The molecule has 0 spiro atoms. The van der Waals surface area contributed by atoms with Crippen molar-refractivity contribution in [3.8, 4) is 5.75 Å². The number of rotatable bonds is 6. The van der Waals surface area contributed by atoms with E-state index in [0.717, 1.165) is 30.1 Å². The third-order valence-corrected chi connectivity index (χ3v) is 3.99. The van der Waals surface area contributed by atoms with Crippen LogP contribution in [0.4, 0.5) is 0 Å². The number of hydrogen-bond acceptors (Lipinski definition) is 4. The Balaban J connectivity index is 1.67. The maximum Gasteiger partial charge on any atom is 0.230 e. The lowest BCUT2D eigenvalue weighted by Crippen LogP contribution is -2.32. The lowest BCUT2D eigenvalue weighted by Gasteiger charge is -2.10. The van der Waals surface area contributed by atoms with Gasteiger partial charge in [0.1, 0.15) is 5.75 Å². The lowest BCUT2D eigenvalue weighted by molar-refractivity contribution is -0.119. The van der Waals surface area contributed by atoms with E-state index in [1.807, 2.05) is 24.3 Å². The molecule has 0 bridgehead atoms. The highest BCUT2D eigenvalue weighted by molar-refractivity contribution is 8.00. The second kappa shape index (κ2) is 7.40. The third-order valence-electron chi connectivity index (χ3n) is 2.98. The van der Waals surface area contributed by atoms with Crippen molar-refractivity contribution in [3.05, 3.63) is 24.3 Å². The summed E-state index contributed by atoms with van der Waals surface area (Å²) in [5, 5.41) is 2.91. The van der Waals surface area contributed by atoms with E-state index in [9.17, 15) is 4.79 Å². The number of nitrogens with one attached hydrogen (secondary N) is 1. The lowest BCUT2D eigenvalue weighted by atomic mass is 10.2. The Morgan fingerprint density at radius 1 is 1.47 bits per heavy atom. The molecule has 4 nitrogen and oxygen atoms in total. The zero-order chi connectivity index (χ0) is 13.5. The molecule has 1 N–H and O–H groups in total. The van der Waals surface area contributed by atoms with E-state index in [2.05, 4.69) is 5.32 Å². The first kappa shape index (κ1) is 14.2. The molecule has 1 aliphatic rings. The first-order valence-electron chi connectivity index (χ1n) is 6.43. The summed E-state index contributed by atoms with van der Waals surface area (Å²) in [6.07, 6.45) is 2.35. The summed E-state index contributed by atoms with van der Waals surface area (Å²) in [5.74, 6) is 1.31. The zero-order valence-electron chi connectivity index (χ0n) is 11.1. The van der Waals surface area contributed by atoms with E-state index < -0.39 is 0 Å². The molecule has 1 heterocycles. The van der Waals surface area contributed by atoms with Gasteiger partial charge < -0.3 is 14.8 Å². The summed E-state index contributed by atoms with van der Waals surface area (Å²) in [5.41, 5.74) is 0. The van der Waals surface area contributed by atoms with E-state index in [1.54, 1.807) is 7.11 Å². The van der Waals surface area contributed by atoms with Crippen molar-refractivity contribution in [1.82, 2.24) is 5.32 Å². The second-order valence-electron chi connectivity index (χ2n) is 4.40. The minimum absolute atomic E-state index is 0.0521. The van der Waals surface area contributed by atoms with E-state index >= 15 is 0 Å². The van der Waals surface area contributed by atoms with Crippen LogP contribution in [0.2, 0.25) is 0 Å². The predicted molar refractivity (Wildman–Crippen MR) is 75.7 cm³/mol. The van der Waals surface area contributed by atoms with Gasteiger partial charge in [-0.05, 0) is 37.1 Å². The summed E-state index contributed by atoms with van der Waals surface area (Å²) in [6.45, 7) is 1.45. The molecule has 5 heteroatoms.